The van der Waals surface area contributed by atoms with Crippen LogP contribution < -0.4 is 5.73 Å². The number of alkyl halides is 3. The molecule has 8 nitrogen and oxygen atoms in total. The molecule has 0 saturated carbocycles. The number of benzene rings is 1. The predicted octanol–water partition coefficient (Wildman–Crippen LogP) is 2.13. The highest BCUT2D eigenvalue weighted by atomic mass is 19.4. The fourth-order valence-electron chi connectivity index (χ4n) is 4.11. The first-order valence-electron chi connectivity index (χ1n) is 10.0. The number of nitrogens with zero attached hydrogens (tertiary/aromatic N) is 5. The Morgan fingerprint density at radius 3 is 2.50 bits per heavy atom. The highest BCUT2D eigenvalue weighted by molar-refractivity contribution is 5.87. The number of hydrogen-bond donors (Lipinski definition) is 1. The molecule has 1 aliphatic rings. The molecule has 2 N–H and O–H groups in total. The fourth-order valence-corrected chi connectivity index (χ4v) is 4.11. The molecule has 168 valence electrons. The maximum Gasteiger partial charge on any atom is 0.453 e. The van der Waals surface area contributed by atoms with E-state index >= 15 is 0 Å². The number of rotatable bonds is 4. The second-order valence-electron chi connectivity index (χ2n) is 7.82. The van der Waals surface area contributed by atoms with Crippen molar-refractivity contribution in [1.29, 1.82) is 0 Å². The van der Waals surface area contributed by atoms with Gasteiger partial charge in [-0.1, -0.05) is 24.3 Å². The van der Waals surface area contributed by atoms with Gasteiger partial charge in [0.2, 0.25) is 11.8 Å². The number of halogens is 3. The first-order chi connectivity index (χ1) is 15.1. The molecule has 3 heterocycles. The molecular weight excluding hydrogens is 425 g/mol. The summed E-state index contributed by atoms with van der Waals surface area (Å²) in [7, 11) is 0. The quantitative estimate of drug-likeness (QED) is 0.661. The van der Waals surface area contributed by atoms with Gasteiger partial charge in [0.15, 0.2) is 0 Å². The van der Waals surface area contributed by atoms with Crippen LogP contribution in [0.25, 0.3) is 5.78 Å². The molecule has 3 aromatic rings. The van der Waals surface area contributed by atoms with Crippen LogP contribution in [0, 0.1) is 13.8 Å². The van der Waals surface area contributed by atoms with Crippen LogP contribution in [0.4, 0.5) is 13.2 Å². The second-order valence-corrected chi connectivity index (χ2v) is 7.82. The number of nitrogens with two attached hydrogens (primary N) is 1. The summed E-state index contributed by atoms with van der Waals surface area (Å²) in [6, 6.07) is 6.81. The van der Waals surface area contributed by atoms with Gasteiger partial charge in [0.05, 0.1) is 0 Å². The third-order valence-corrected chi connectivity index (χ3v) is 5.79. The molecule has 1 atom stereocenters. The smallest absolute Gasteiger partial charge is 0.368 e. The summed E-state index contributed by atoms with van der Waals surface area (Å²) in [6.07, 6.45) is -4.06. The number of amides is 2. The van der Waals surface area contributed by atoms with Crippen molar-refractivity contribution in [3.8, 4) is 0 Å². The Morgan fingerprint density at radius 1 is 1.16 bits per heavy atom. The van der Waals surface area contributed by atoms with E-state index in [4.69, 9.17) is 5.73 Å². The lowest BCUT2D eigenvalue weighted by molar-refractivity contribution is -0.144. The number of carbonyl (C=O) groups is 2. The van der Waals surface area contributed by atoms with E-state index in [1.165, 1.54) is 4.90 Å². The second kappa shape index (κ2) is 7.88. The van der Waals surface area contributed by atoms with E-state index in [0.29, 0.717) is 23.4 Å². The molecule has 1 aromatic carbocycles. The minimum atomic E-state index is -4.68. The number of primary amides is 1. The summed E-state index contributed by atoms with van der Waals surface area (Å²) in [5, 5.41) is 3.52. The number of aromatic nitrogens is 4. The average Bonchev–Trinajstić information content (AvgIpc) is 3.17. The molecule has 32 heavy (non-hydrogen) atoms. The molecule has 11 heteroatoms. The maximum absolute atomic E-state index is 13.0. The number of hydrogen-bond acceptors (Lipinski definition) is 5. The van der Waals surface area contributed by atoms with Gasteiger partial charge in [0.25, 0.3) is 11.6 Å². The number of carbonyl (C=O) groups excluding carboxylic acids is 2. The predicted molar refractivity (Wildman–Crippen MR) is 107 cm³/mol. The van der Waals surface area contributed by atoms with Gasteiger partial charge in [0.1, 0.15) is 6.04 Å². The minimum absolute atomic E-state index is 0.0433. The topological polar surface area (TPSA) is 106 Å². The minimum Gasteiger partial charge on any atom is -0.368 e. The van der Waals surface area contributed by atoms with Crippen LogP contribution >= 0.6 is 0 Å². The van der Waals surface area contributed by atoms with Crippen LogP contribution in [0.5, 0.6) is 0 Å². The highest BCUT2D eigenvalue weighted by Gasteiger charge is 2.37. The molecule has 0 spiro atoms. The summed E-state index contributed by atoms with van der Waals surface area (Å²) in [4.78, 5) is 34.1. The lowest BCUT2D eigenvalue weighted by Crippen LogP contribution is -2.51. The van der Waals surface area contributed by atoms with Gasteiger partial charge in [-0.3, -0.25) is 9.59 Å². The molecular formula is C21H21F3N6O2. The summed E-state index contributed by atoms with van der Waals surface area (Å²) < 4.78 is 40.0. The normalized spacial score (nSPS) is 16.3. The van der Waals surface area contributed by atoms with E-state index in [9.17, 15) is 22.8 Å². The van der Waals surface area contributed by atoms with Crippen molar-refractivity contribution < 1.29 is 22.8 Å². The first kappa shape index (κ1) is 21.7. The first-order valence-corrected chi connectivity index (χ1v) is 10.0. The van der Waals surface area contributed by atoms with E-state index in [0.717, 1.165) is 15.6 Å². The van der Waals surface area contributed by atoms with Gasteiger partial charge >= 0.3 is 6.18 Å². The molecule has 1 unspecified atom stereocenters. The van der Waals surface area contributed by atoms with Crippen molar-refractivity contribution in [2.24, 2.45) is 5.73 Å². The zero-order chi connectivity index (χ0) is 23.2. The van der Waals surface area contributed by atoms with Gasteiger partial charge in [-0.25, -0.2) is 9.50 Å². The molecule has 0 fully saturated rings. The molecule has 0 aliphatic carbocycles. The Labute approximate surface area is 181 Å². The Bertz CT molecular complexity index is 1220. The van der Waals surface area contributed by atoms with Gasteiger partial charge in [-0.05, 0) is 37.0 Å². The summed E-state index contributed by atoms with van der Waals surface area (Å²) >= 11 is 0. The average molecular weight is 446 g/mol. The largest absolute Gasteiger partial charge is 0.453 e. The van der Waals surface area contributed by atoms with Gasteiger partial charge in [-0.15, -0.1) is 5.10 Å². The monoisotopic (exact) mass is 446 g/mol. The van der Waals surface area contributed by atoms with Gasteiger partial charge in [-0.2, -0.15) is 18.2 Å². The van der Waals surface area contributed by atoms with Gasteiger partial charge in [0, 0.05) is 30.8 Å². The van der Waals surface area contributed by atoms with E-state index < -0.39 is 23.9 Å². The standard InChI is InChI=1S/C21H21F3N6O2/c1-11-15(12(2)30-20(26-11)27-19(28-30)21(22,23)24)7-8-17(31)29-10-14-6-4-3-5-13(14)9-16(29)18(25)32/h3-6,16H,7-10H2,1-2H3,(H2,25,32). The highest BCUT2D eigenvalue weighted by Crippen LogP contribution is 2.28. The van der Waals surface area contributed by atoms with Crippen molar-refractivity contribution in [2.45, 2.75) is 51.9 Å². The summed E-state index contributed by atoms with van der Waals surface area (Å²) in [5.41, 5.74) is 9.00. The Kier molecular flexibility index (Phi) is 5.35. The van der Waals surface area contributed by atoms with Crippen LogP contribution in [0.2, 0.25) is 0 Å². The van der Waals surface area contributed by atoms with E-state index in [1.807, 2.05) is 24.3 Å². The van der Waals surface area contributed by atoms with Crippen LogP contribution in [0.1, 0.15) is 40.3 Å². The molecule has 4 rings (SSSR count). The lowest BCUT2D eigenvalue weighted by Gasteiger charge is -2.35. The molecule has 0 saturated heterocycles. The van der Waals surface area contributed by atoms with Crippen LogP contribution in [0.3, 0.4) is 0 Å². The number of fused-ring (bicyclic) bond motifs is 2. The zero-order valence-corrected chi connectivity index (χ0v) is 17.5. The Morgan fingerprint density at radius 2 is 1.84 bits per heavy atom. The number of aryl methyl sites for hydroxylation is 2. The van der Waals surface area contributed by atoms with Crippen molar-refractivity contribution in [1.82, 2.24) is 24.5 Å². The summed E-state index contributed by atoms with van der Waals surface area (Å²) in [6.45, 7) is 3.54. The SMILES string of the molecule is Cc1nc2nc(C(F)(F)F)nn2c(C)c1CCC(=O)N1Cc2ccccc2CC1C(N)=O. The van der Waals surface area contributed by atoms with Crippen molar-refractivity contribution in [3.05, 3.63) is 58.2 Å². The molecule has 0 radical (unpaired) electrons. The Balaban J connectivity index is 1.57. The van der Waals surface area contributed by atoms with Gasteiger partial charge < -0.3 is 10.6 Å². The van der Waals surface area contributed by atoms with Crippen molar-refractivity contribution >= 4 is 17.6 Å². The molecule has 2 aromatic heterocycles. The Hall–Kier alpha value is -3.50. The third-order valence-electron chi connectivity index (χ3n) is 5.79. The van der Waals surface area contributed by atoms with Crippen molar-refractivity contribution in [3.63, 3.8) is 0 Å². The lowest BCUT2D eigenvalue weighted by atomic mass is 9.93. The third kappa shape index (κ3) is 3.90. The summed E-state index contributed by atoms with van der Waals surface area (Å²) in [5.74, 6) is -2.26. The van der Waals surface area contributed by atoms with E-state index in [1.54, 1.807) is 13.8 Å². The fraction of sp³-hybridized carbons (Fsp3) is 0.381. The molecule has 2 amide bonds. The molecule has 1 aliphatic heterocycles. The zero-order valence-electron chi connectivity index (χ0n) is 17.5. The maximum atomic E-state index is 13.0. The molecule has 0 bridgehead atoms. The van der Waals surface area contributed by atoms with E-state index in [-0.39, 0.29) is 31.1 Å². The van der Waals surface area contributed by atoms with Crippen LogP contribution in [-0.4, -0.2) is 42.3 Å². The van der Waals surface area contributed by atoms with Crippen LogP contribution in [-0.2, 0) is 35.2 Å². The van der Waals surface area contributed by atoms with E-state index in [2.05, 4.69) is 15.1 Å². The van der Waals surface area contributed by atoms with Crippen LogP contribution in [0.15, 0.2) is 24.3 Å². The van der Waals surface area contributed by atoms with Crippen molar-refractivity contribution in [2.75, 3.05) is 0 Å².